The molecule has 0 unspecified atom stereocenters. The lowest BCUT2D eigenvalue weighted by atomic mass is 10.0. The maximum atomic E-state index is 9.30. The third-order valence-corrected chi connectivity index (χ3v) is 15.2. The van der Waals surface area contributed by atoms with Crippen LogP contribution in [0.1, 0.15) is 9.75 Å². The molecular formula is C42H20N4S6. The van der Waals surface area contributed by atoms with Crippen molar-refractivity contribution in [2.45, 2.75) is 0 Å². The van der Waals surface area contributed by atoms with Gasteiger partial charge < -0.3 is 0 Å². The predicted octanol–water partition coefficient (Wildman–Crippen LogP) is 9.93. The van der Waals surface area contributed by atoms with Crippen molar-refractivity contribution < 1.29 is 0 Å². The van der Waals surface area contributed by atoms with Crippen LogP contribution in [0.3, 0.4) is 0 Å². The Morgan fingerprint density at radius 3 is 1.21 bits per heavy atom. The van der Waals surface area contributed by atoms with E-state index < -0.39 is 0 Å². The summed E-state index contributed by atoms with van der Waals surface area (Å²) < 4.78 is 5.88. The highest BCUT2D eigenvalue weighted by Gasteiger charge is 2.25. The molecule has 0 fully saturated rings. The van der Waals surface area contributed by atoms with Gasteiger partial charge in [0.05, 0.1) is 28.2 Å². The van der Waals surface area contributed by atoms with Crippen molar-refractivity contribution in [3.8, 4) is 66.0 Å². The summed E-state index contributed by atoms with van der Waals surface area (Å²) in [7, 11) is 0. The zero-order valence-electron chi connectivity index (χ0n) is 26.8. The maximum Gasteiger partial charge on any atom is 0.146 e. The Bertz CT molecular complexity index is 2820. The first-order valence-corrected chi connectivity index (χ1v) is 20.6. The summed E-state index contributed by atoms with van der Waals surface area (Å²) in [5.41, 5.74) is 5.09. The molecule has 4 nitrogen and oxygen atoms in total. The summed E-state index contributed by atoms with van der Waals surface area (Å²) in [5, 5.41) is 37.2. The molecule has 0 aliphatic rings. The highest BCUT2D eigenvalue weighted by molar-refractivity contribution is 7.35. The highest BCUT2D eigenvalue weighted by atomic mass is 32.1. The minimum Gasteiger partial charge on any atom is -0.192 e. The largest absolute Gasteiger partial charge is 0.192 e. The molecule has 2 aromatic carbocycles. The number of nitrogens with zero attached hydrogens (tertiary/aromatic N) is 4. The van der Waals surface area contributed by atoms with E-state index >= 15 is 0 Å². The minimum atomic E-state index is 0.134. The topological polar surface area (TPSA) is 95.2 Å². The molecule has 0 saturated carbocycles. The summed E-state index contributed by atoms with van der Waals surface area (Å²) in [6, 6.07) is 45.5. The van der Waals surface area contributed by atoms with E-state index in [0.717, 1.165) is 18.8 Å². The number of nitriles is 4. The van der Waals surface area contributed by atoms with E-state index in [-0.39, 0.29) is 11.1 Å². The van der Waals surface area contributed by atoms with Crippen molar-refractivity contribution in [2.75, 3.05) is 0 Å². The molecule has 6 aromatic heterocycles. The molecule has 0 aliphatic carbocycles. The van der Waals surface area contributed by atoms with Crippen LogP contribution in [-0.2, 0) is 0 Å². The lowest BCUT2D eigenvalue weighted by Crippen LogP contribution is -1.96. The van der Waals surface area contributed by atoms with Crippen LogP contribution in [0, 0.1) is 45.3 Å². The van der Waals surface area contributed by atoms with Gasteiger partial charge in [-0.25, -0.2) is 0 Å². The lowest BCUT2D eigenvalue weighted by molar-refractivity contribution is 1.51. The third-order valence-electron chi connectivity index (χ3n) is 8.11. The Kier molecular flexibility index (Phi) is 9.35. The first kappa shape index (κ1) is 33.5. The first-order chi connectivity index (χ1) is 25.6. The predicted molar refractivity (Wildman–Crippen MR) is 221 cm³/mol. The average Bonchev–Trinajstić information content (AvgIpc) is 4.03. The van der Waals surface area contributed by atoms with Crippen LogP contribution >= 0.6 is 68.0 Å². The van der Waals surface area contributed by atoms with E-state index in [4.69, 9.17) is 0 Å². The van der Waals surface area contributed by atoms with Gasteiger partial charge >= 0.3 is 0 Å². The molecule has 8 rings (SSSR count). The fraction of sp³-hybridized carbons (Fsp3) is 0. The van der Waals surface area contributed by atoms with Gasteiger partial charge in [0, 0.05) is 39.7 Å². The maximum absolute atomic E-state index is 9.30. The Morgan fingerprint density at radius 2 is 0.827 bits per heavy atom. The molecule has 0 N–H and O–H groups in total. The monoisotopic (exact) mass is 772 g/mol. The molecule has 6 heterocycles. The number of fused-ring (bicyclic) bond motifs is 1. The van der Waals surface area contributed by atoms with Crippen LogP contribution in [-0.4, -0.2) is 0 Å². The van der Waals surface area contributed by atoms with Gasteiger partial charge in [0.1, 0.15) is 35.4 Å². The molecule has 8 aromatic rings. The van der Waals surface area contributed by atoms with Gasteiger partial charge in [-0.3, -0.25) is 0 Å². The van der Waals surface area contributed by atoms with Crippen LogP contribution in [0.2, 0.25) is 0 Å². The van der Waals surface area contributed by atoms with Gasteiger partial charge in [0.2, 0.25) is 0 Å². The first-order valence-electron chi connectivity index (χ1n) is 15.7. The van der Waals surface area contributed by atoms with Crippen molar-refractivity contribution in [1.29, 1.82) is 21.0 Å². The van der Waals surface area contributed by atoms with Crippen molar-refractivity contribution in [3.05, 3.63) is 137 Å². The molecule has 0 saturated heterocycles. The summed E-state index contributed by atoms with van der Waals surface area (Å²) in [4.78, 5) is 7.05. The number of thiophene rings is 6. The normalized spacial score (nSPS) is 11.6. The minimum absolute atomic E-state index is 0.134. The van der Waals surface area contributed by atoms with E-state index in [0.29, 0.717) is 9.06 Å². The number of rotatable bonds is 6. The Balaban J connectivity index is 1.28. The fourth-order valence-electron chi connectivity index (χ4n) is 5.80. The van der Waals surface area contributed by atoms with Crippen LogP contribution in [0.25, 0.3) is 74.5 Å². The van der Waals surface area contributed by atoms with Crippen LogP contribution < -0.4 is 18.1 Å². The van der Waals surface area contributed by atoms with Gasteiger partial charge in [-0.15, -0.1) is 68.0 Å². The zero-order valence-corrected chi connectivity index (χ0v) is 31.7. The van der Waals surface area contributed by atoms with Crippen molar-refractivity contribution in [2.24, 2.45) is 0 Å². The van der Waals surface area contributed by atoms with Gasteiger partial charge in [0.15, 0.2) is 0 Å². The quantitative estimate of drug-likeness (QED) is 0.168. The van der Waals surface area contributed by atoms with Crippen LogP contribution in [0.15, 0.2) is 109 Å². The van der Waals surface area contributed by atoms with Crippen LogP contribution in [0.5, 0.6) is 0 Å². The molecule has 10 heteroatoms. The van der Waals surface area contributed by atoms with Crippen molar-refractivity contribution >= 4 is 101 Å². The zero-order chi connectivity index (χ0) is 35.6. The molecule has 244 valence electrons. The lowest BCUT2D eigenvalue weighted by Gasteiger charge is -2.04. The molecule has 0 amide bonds. The van der Waals surface area contributed by atoms with Gasteiger partial charge in [-0.2, -0.15) is 21.0 Å². The Morgan fingerprint density at radius 1 is 0.423 bits per heavy atom. The molecule has 0 radical (unpaired) electrons. The van der Waals surface area contributed by atoms with E-state index in [1.165, 1.54) is 73.8 Å². The molecule has 0 bridgehead atoms. The standard InChI is InChI=1S/C42H20N4S6/c43-21-27(22-44)33-15-11-29(47-33)19-31-13-17-35(49-31)39-37(25-7-3-1-4-8-25)41-42(51-39)38(26-9-5-2-6-10-26)40(52-41)36-18-14-32(50-36)20-30-12-16-34(48-30)28(23-45)24-46/h1-20H/b29-19+,30-20+. The van der Waals surface area contributed by atoms with Gasteiger partial charge in [0.25, 0.3) is 0 Å². The molecule has 0 aliphatic heterocycles. The van der Waals surface area contributed by atoms with Crippen molar-refractivity contribution in [3.63, 3.8) is 0 Å². The summed E-state index contributed by atoms with van der Waals surface area (Å²) in [6.45, 7) is 0. The third kappa shape index (κ3) is 6.37. The smallest absolute Gasteiger partial charge is 0.146 e. The van der Waals surface area contributed by atoms with E-state index in [2.05, 4.69) is 97.1 Å². The number of benzene rings is 2. The molecule has 52 heavy (non-hydrogen) atoms. The molecule has 0 spiro atoms. The van der Waals surface area contributed by atoms with E-state index in [1.54, 1.807) is 22.7 Å². The van der Waals surface area contributed by atoms with Gasteiger partial charge in [-0.1, -0.05) is 60.7 Å². The number of hydrogen-bond acceptors (Lipinski definition) is 10. The fourth-order valence-corrected chi connectivity index (χ4v) is 12.9. The molecular weight excluding hydrogens is 753 g/mol. The summed E-state index contributed by atoms with van der Waals surface area (Å²) >= 11 is 10.1. The summed E-state index contributed by atoms with van der Waals surface area (Å²) in [6.07, 6.45) is 4.24. The average molecular weight is 773 g/mol. The summed E-state index contributed by atoms with van der Waals surface area (Å²) in [5.74, 6) is 0. The second-order valence-corrected chi connectivity index (χ2v) is 17.8. The second kappa shape index (κ2) is 14.5. The Labute approximate surface area is 322 Å². The van der Waals surface area contributed by atoms with Crippen LogP contribution in [0.4, 0.5) is 0 Å². The SMILES string of the molecule is N#CC(C#N)=c1cc/c(=C\c2ccc(-c3sc4c(-c5ccccc5)c(-c5ccc(/C=c6\ccc(=C(C#N)C#N)s6)s5)sc4c3-c3ccccc3)s2)s1. The second-order valence-electron chi connectivity index (χ2n) is 11.3. The Hall–Kier alpha value is -5.66. The molecule has 0 atom stereocenters. The highest BCUT2D eigenvalue weighted by Crippen LogP contribution is 2.56. The van der Waals surface area contributed by atoms with E-state index in [9.17, 15) is 21.0 Å². The number of hydrogen-bond donors (Lipinski definition) is 0. The van der Waals surface area contributed by atoms with Gasteiger partial charge in [-0.05, 0) is 71.8 Å². The van der Waals surface area contributed by atoms with Crippen molar-refractivity contribution in [1.82, 2.24) is 0 Å². The van der Waals surface area contributed by atoms with E-state index in [1.807, 2.05) is 71.2 Å².